The Morgan fingerprint density at radius 3 is 2.46 bits per heavy atom. The monoisotopic (exact) mass is 378 g/mol. The first-order valence-electron chi connectivity index (χ1n) is 9.02. The Bertz CT molecular complexity index is 952. The minimum Gasteiger partial charge on any atom is -0.449 e. The van der Waals surface area contributed by atoms with Gasteiger partial charge in [-0.2, -0.15) is 5.10 Å². The molecule has 0 spiro atoms. The largest absolute Gasteiger partial charge is 0.449 e. The molecule has 1 atom stereocenters. The highest BCUT2D eigenvalue weighted by atomic mass is 16.5. The van der Waals surface area contributed by atoms with E-state index in [4.69, 9.17) is 4.74 Å². The number of para-hydroxylation sites is 1. The third-order valence-corrected chi connectivity index (χ3v) is 3.97. The van der Waals surface area contributed by atoms with Gasteiger partial charge in [-0.25, -0.2) is 9.48 Å². The molecule has 1 aromatic carbocycles. The Hall–Kier alpha value is -3.48. The van der Waals surface area contributed by atoms with Crippen LogP contribution < -0.4 is 5.32 Å². The zero-order chi connectivity index (χ0) is 20.1. The molecule has 3 rings (SSSR count). The van der Waals surface area contributed by atoms with Gasteiger partial charge in [-0.15, -0.1) is 0 Å². The summed E-state index contributed by atoms with van der Waals surface area (Å²) in [6.45, 7) is 5.23. The van der Waals surface area contributed by atoms with Crippen LogP contribution in [0.2, 0.25) is 0 Å². The molecule has 144 valence electrons. The van der Waals surface area contributed by atoms with Crippen LogP contribution in [0.15, 0.2) is 61.1 Å². The Labute approximate surface area is 163 Å². The first-order chi connectivity index (χ1) is 13.5. The number of benzene rings is 1. The van der Waals surface area contributed by atoms with E-state index >= 15 is 0 Å². The predicted molar refractivity (Wildman–Crippen MR) is 105 cm³/mol. The summed E-state index contributed by atoms with van der Waals surface area (Å²) in [5.74, 6) is -0.964. The maximum atomic E-state index is 12.8. The molecule has 0 saturated carbocycles. The molecule has 3 aromatic rings. The van der Waals surface area contributed by atoms with Crippen LogP contribution in [-0.2, 0) is 9.53 Å². The molecule has 0 unspecified atom stereocenters. The number of hydrogen-bond acceptors (Lipinski definition) is 5. The van der Waals surface area contributed by atoms with Crippen molar-refractivity contribution in [1.29, 1.82) is 0 Å². The number of nitrogens with one attached hydrogen (secondary N) is 1. The van der Waals surface area contributed by atoms with E-state index < -0.39 is 12.1 Å². The van der Waals surface area contributed by atoms with E-state index in [1.807, 2.05) is 50.2 Å². The van der Waals surface area contributed by atoms with Crippen molar-refractivity contribution >= 4 is 11.9 Å². The highest BCUT2D eigenvalue weighted by Crippen LogP contribution is 2.24. The second-order valence-electron chi connectivity index (χ2n) is 6.62. The SMILES string of the molecule is CC(C)NC(=O)[C@H](C)OC(=O)c1cn(-c2ccccc2)nc1-c1cccnc1. The first kappa shape index (κ1) is 19.3. The number of amides is 1. The van der Waals surface area contributed by atoms with Crippen LogP contribution in [0.4, 0.5) is 0 Å². The fourth-order valence-electron chi connectivity index (χ4n) is 2.63. The van der Waals surface area contributed by atoms with Gasteiger partial charge < -0.3 is 10.1 Å². The molecule has 0 fully saturated rings. The van der Waals surface area contributed by atoms with Crippen molar-refractivity contribution in [3.8, 4) is 16.9 Å². The van der Waals surface area contributed by atoms with Gasteiger partial charge in [0.1, 0.15) is 11.3 Å². The van der Waals surface area contributed by atoms with Gasteiger partial charge in [0.15, 0.2) is 6.10 Å². The molecule has 7 heteroatoms. The summed E-state index contributed by atoms with van der Waals surface area (Å²) in [7, 11) is 0. The van der Waals surface area contributed by atoms with E-state index in [1.54, 1.807) is 36.3 Å². The normalized spacial score (nSPS) is 11.9. The van der Waals surface area contributed by atoms with Crippen molar-refractivity contribution in [2.75, 3.05) is 0 Å². The number of rotatable bonds is 6. The summed E-state index contributed by atoms with van der Waals surface area (Å²) in [6, 6.07) is 13.0. The van der Waals surface area contributed by atoms with Crippen LogP contribution in [0.25, 0.3) is 16.9 Å². The predicted octanol–water partition coefficient (Wildman–Crippen LogP) is 3.00. The maximum Gasteiger partial charge on any atom is 0.342 e. The Kier molecular flexibility index (Phi) is 5.84. The van der Waals surface area contributed by atoms with Crippen molar-refractivity contribution in [2.24, 2.45) is 0 Å². The van der Waals surface area contributed by atoms with E-state index in [9.17, 15) is 9.59 Å². The molecule has 2 aromatic heterocycles. The Morgan fingerprint density at radius 1 is 1.07 bits per heavy atom. The number of pyridine rings is 1. The minimum absolute atomic E-state index is 0.0413. The molecule has 1 N–H and O–H groups in total. The number of ether oxygens (including phenoxy) is 1. The fraction of sp³-hybridized carbons (Fsp3) is 0.238. The first-order valence-corrected chi connectivity index (χ1v) is 9.02. The van der Waals surface area contributed by atoms with E-state index in [-0.39, 0.29) is 17.5 Å². The number of aromatic nitrogens is 3. The lowest BCUT2D eigenvalue weighted by atomic mass is 10.1. The number of esters is 1. The van der Waals surface area contributed by atoms with E-state index in [1.165, 1.54) is 0 Å². The van der Waals surface area contributed by atoms with Crippen molar-refractivity contribution in [2.45, 2.75) is 32.9 Å². The standard InChI is InChI=1S/C21H22N4O3/c1-14(2)23-20(26)15(3)28-21(27)18-13-25(17-9-5-4-6-10-17)24-19(18)16-8-7-11-22-12-16/h4-15H,1-3H3,(H,23,26)/t15-/m0/s1. The summed E-state index contributed by atoms with van der Waals surface area (Å²) >= 11 is 0. The molecule has 0 radical (unpaired) electrons. The van der Waals surface area contributed by atoms with Crippen molar-refractivity contribution in [3.05, 3.63) is 66.6 Å². The van der Waals surface area contributed by atoms with Gasteiger partial charge in [-0.05, 0) is 45.0 Å². The quantitative estimate of drug-likeness (QED) is 0.667. The summed E-state index contributed by atoms with van der Waals surface area (Å²) in [6.07, 6.45) is 3.96. The van der Waals surface area contributed by atoms with E-state index in [0.29, 0.717) is 11.3 Å². The van der Waals surface area contributed by atoms with E-state index in [0.717, 1.165) is 5.69 Å². The molecule has 7 nitrogen and oxygen atoms in total. The molecule has 0 saturated heterocycles. The Balaban J connectivity index is 1.93. The zero-order valence-electron chi connectivity index (χ0n) is 16.0. The number of hydrogen-bond donors (Lipinski definition) is 1. The van der Waals surface area contributed by atoms with Crippen molar-refractivity contribution < 1.29 is 14.3 Å². The average Bonchev–Trinajstić information content (AvgIpc) is 3.14. The van der Waals surface area contributed by atoms with Crippen LogP contribution in [0.5, 0.6) is 0 Å². The number of carbonyl (C=O) groups excluding carboxylic acids is 2. The van der Waals surface area contributed by atoms with Gasteiger partial charge in [0, 0.05) is 30.2 Å². The molecule has 0 aliphatic rings. The van der Waals surface area contributed by atoms with Gasteiger partial charge in [0.2, 0.25) is 0 Å². The number of carbonyl (C=O) groups is 2. The van der Waals surface area contributed by atoms with Gasteiger partial charge in [0.25, 0.3) is 5.91 Å². The molecule has 2 heterocycles. The van der Waals surface area contributed by atoms with Gasteiger partial charge >= 0.3 is 5.97 Å². The highest BCUT2D eigenvalue weighted by molar-refractivity contribution is 5.97. The van der Waals surface area contributed by atoms with Crippen LogP contribution in [0.3, 0.4) is 0 Å². The topological polar surface area (TPSA) is 86.1 Å². The van der Waals surface area contributed by atoms with Crippen LogP contribution in [-0.4, -0.2) is 38.8 Å². The lowest BCUT2D eigenvalue weighted by Crippen LogP contribution is -2.39. The van der Waals surface area contributed by atoms with Crippen molar-refractivity contribution in [1.82, 2.24) is 20.1 Å². The lowest BCUT2D eigenvalue weighted by Gasteiger charge is -2.15. The second-order valence-corrected chi connectivity index (χ2v) is 6.62. The molecule has 0 bridgehead atoms. The molecular formula is C21H22N4O3. The molecular weight excluding hydrogens is 356 g/mol. The molecule has 1 amide bonds. The molecule has 0 aliphatic heterocycles. The summed E-state index contributed by atoms with van der Waals surface area (Å²) in [4.78, 5) is 29.0. The highest BCUT2D eigenvalue weighted by Gasteiger charge is 2.24. The average molecular weight is 378 g/mol. The molecule has 28 heavy (non-hydrogen) atoms. The summed E-state index contributed by atoms with van der Waals surface area (Å²) < 4.78 is 6.99. The van der Waals surface area contributed by atoms with Crippen LogP contribution >= 0.6 is 0 Å². The van der Waals surface area contributed by atoms with Crippen LogP contribution in [0.1, 0.15) is 31.1 Å². The second kappa shape index (κ2) is 8.47. The molecule has 0 aliphatic carbocycles. The summed E-state index contributed by atoms with van der Waals surface area (Å²) in [5.41, 5.74) is 2.19. The van der Waals surface area contributed by atoms with Gasteiger partial charge in [-0.3, -0.25) is 9.78 Å². The van der Waals surface area contributed by atoms with Gasteiger partial charge in [-0.1, -0.05) is 18.2 Å². The van der Waals surface area contributed by atoms with Crippen molar-refractivity contribution in [3.63, 3.8) is 0 Å². The third kappa shape index (κ3) is 4.43. The fourth-order valence-corrected chi connectivity index (χ4v) is 2.63. The van der Waals surface area contributed by atoms with Crippen LogP contribution in [0, 0.1) is 0 Å². The number of nitrogens with zero attached hydrogens (tertiary/aromatic N) is 3. The zero-order valence-corrected chi connectivity index (χ0v) is 16.0. The maximum absolute atomic E-state index is 12.8. The smallest absolute Gasteiger partial charge is 0.342 e. The lowest BCUT2D eigenvalue weighted by molar-refractivity contribution is -0.129. The van der Waals surface area contributed by atoms with E-state index in [2.05, 4.69) is 15.4 Å². The third-order valence-electron chi connectivity index (χ3n) is 3.97. The van der Waals surface area contributed by atoms with Gasteiger partial charge in [0.05, 0.1) is 5.69 Å². The minimum atomic E-state index is -0.920. The Morgan fingerprint density at radius 2 is 1.82 bits per heavy atom. The summed E-state index contributed by atoms with van der Waals surface area (Å²) in [5, 5.41) is 7.28.